The third-order valence-corrected chi connectivity index (χ3v) is 5.59. The van der Waals surface area contributed by atoms with Crippen molar-refractivity contribution in [2.24, 2.45) is 5.92 Å². The zero-order valence-corrected chi connectivity index (χ0v) is 15.4. The number of carbonyl (C=O) groups excluding carboxylic acids is 1. The van der Waals surface area contributed by atoms with Crippen LogP contribution >= 0.6 is 11.3 Å². The molecular formula is C20H22N4OS. The maximum atomic E-state index is 12.8. The van der Waals surface area contributed by atoms with Crippen LogP contribution in [0.5, 0.6) is 0 Å². The van der Waals surface area contributed by atoms with E-state index >= 15 is 0 Å². The maximum absolute atomic E-state index is 12.8. The number of rotatable bonds is 5. The first kappa shape index (κ1) is 17.0. The highest BCUT2D eigenvalue weighted by Gasteiger charge is 2.26. The summed E-state index contributed by atoms with van der Waals surface area (Å²) in [6.07, 6.45) is 5.61. The number of amides is 1. The molecule has 0 radical (unpaired) electrons. The largest absolute Gasteiger partial charge is 0.352 e. The second kappa shape index (κ2) is 7.85. The Kier molecular flexibility index (Phi) is 5.13. The van der Waals surface area contributed by atoms with Crippen LogP contribution in [0, 0.1) is 5.92 Å². The zero-order valence-electron chi connectivity index (χ0n) is 14.5. The van der Waals surface area contributed by atoms with Crippen LogP contribution < -0.4 is 5.32 Å². The van der Waals surface area contributed by atoms with Gasteiger partial charge in [-0.1, -0.05) is 12.1 Å². The second-order valence-electron chi connectivity index (χ2n) is 6.68. The monoisotopic (exact) mass is 366 g/mol. The summed E-state index contributed by atoms with van der Waals surface area (Å²) in [4.78, 5) is 20.6. The molecule has 1 N–H and O–H groups in total. The van der Waals surface area contributed by atoms with E-state index in [1.54, 1.807) is 23.7 Å². The van der Waals surface area contributed by atoms with E-state index in [-0.39, 0.29) is 11.8 Å². The Labute approximate surface area is 157 Å². The van der Waals surface area contributed by atoms with Gasteiger partial charge in [-0.2, -0.15) is 0 Å². The lowest BCUT2D eigenvalue weighted by Crippen LogP contribution is -2.38. The summed E-state index contributed by atoms with van der Waals surface area (Å²) in [5.74, 6) is 0.0341. The zero-order chi connectivity index (χ0) is 17.8. The Bertz CT molecular complexity index is 844. The van der Waals surface area contributed by atoms with Gasteiger partial charge in [-0.15, -0.1) is 11.3 Å². The summed E-state index contributed by atoms with van der Waals surface area (Å²) < 4.78 is 2.21. The molecular weight excluding hydrogens is 344 g/mol. The van der Waals surface area contributed by atoms with Gasteiger partial charge in [-0.05, 0) is 35.2 Å². The number of hydrogen-bond donors (Lipinski definition) is 1. The lowest BCUT2D eigenvalue weighted by Gasteiger charge is -2.23. The number of thiophene rings is 1. The molecule has 0 bridgehead atoms. The Morgan fingerprint density at radius 1 is 1.23 bits per heavy atom. The van der Waals surface area contributed by atoms with Crippen LogP contribution in [-0.4, -0.2) is 26.9 Å². The Morgan fingerprint density at radius 3 is 3.00 bits per heavy atom. The number of carbonyl (C=O) groups is 1. The Hall–Kier alpha value is -2.44. The lowest BCUT2D eigenvalue weighted by molar-refractivity contribution is -0.126. The van der Waals surface area contributed by atoms with E-state index in [1.807, 2.05) is 12.1 Å². The van der Waals surface area contributed by atoms with Gasteiger partial charge in [0.2, 0.25) is 5.91 Å². The van der Waals surface area contributed by atoms with E-state index in [0.29, 0.717) is 6.54 Å². The van der Waals surface area contributed by atoms with Crippen molar-refractivity contribution in [3.63, 3.8) is 0 Å². The minimum atomic E-state index is -0.0692. The van der Waals surface area contributed by atoms with Gasteiger partial charge in [0, 0.05) is 61.9 Å². The molecule has 134 valence electrons. The second-order valence-corrected chi connectivity index (χ2v) is 7.71. The predicted molar refractivity (Wildman–Crippen MR) is 102 cm³/mol. The highest BCUT2D eigenvalue weighted by Crippen LogP contribution is 2.21. The molecule has 1 unspecified atom stereocenters. The molecule has 6 heteroatoms. The fourth-order valence-corrected chi connectivity index (χ4v) is 4.16. The summed E-state index contributed by atoms with van der Waals surface area (Å²) >= 11 is 1.77. The van der Waals surface area contributed by atoms with E-state index in [0.717, 1.165) is 31.7 Å². The first-order valence-corrected chi connectivity index (χ1v) is 9.71. The average Bonchev–Trinajstić information content (AvgIpc) is 3.29. The van der Waals surface area contributed by atoms with Gasteiger partial charge >= 0.3 is 0 Å². The van der Waals surface area contributed by atoms with Crippen molar-refractivity contribution in [2.45, 2.75) is 26.2 Å². The van der Waals surface area contributed by atoms with E-state index in [2.05, 4.69) is 55.6 Å². The van der Waals surface area contributed by atoms with Gasteiger partial charge in [0.05, 0.1) is 5.92 Å². The number of aromatic nitrogens is 2. The highest BCUT2D eigenvalue weighted by molar-refractivity contribution is 7.09. The molecule has 0 spiro atoms. The molecule has 26 heavy (non-hydrogen) atoms. The highest BCUT2D eigenvalue weighted by atomic mass is 32.1. The molecule has 1 atom stereocenters. The van der Waals surface area contributed by atoms with Gasteiger partial charge in [-0.25, -0.2) is 0 Å². The summed E-state index contributed by atoms with van der Waals surface area (Å²) in [6.45, 7) is 3.76. The van der Waals surface area contributed by atoms with Gasteiger partial charge in [0.25, 0.3) is 0 Å². The maximum Gasteiger partial charge on any atom is 0.226 e. The van der Waals surface area contributed by atoms with Crippen LogP contribution in [0.25, 0.3) is 0 Å². The minimum Gasteiger partial charge on any atom is -0.352 e. The normalized spacial score (nSPS) is 17.5. The Morgan fingerprint density at radius 2 is 2.19 bits per heavy atom. The molecule has 0 aromatic carbocycles. The van der Waals surface area contributed by atoms with E-state index in [9.17, 15) is 4.79 Å². The number of nitrogens with zero attached hydrogens (tertiary/aromatic N) is 3. The lowest BCUT2D eigenvalue weighted by atomic mass is 10.1. The predicted octanol–water partition coefficient (Wildman–Crippen LogP) is 2.89. The molecule has 3 aromatic rings. The summed E-state index contributed by atoms with van der Waals surface area (Å²) in [5.41, 5.74) is 2.29. The van der Waals surface area contributed by atoms with Crippen LogP contribution in [0.4, 0.5) is 0 Å². The summed E-state index contributed by atoms with van der Waals surface area (Å²) in [6, 6.07) is 12.3. The molecule has 4 heterocycles. The van der Waals surface area contributed by atoms with Crippen LogP contribution in [0.3, 0.4) is 0 Å². The van der Waals surface area contributed by atoms with Crippen molar-refractivity contribution < 1.29 is 4.79 Å². The number of pyridine rings is 1. The van der Waals surface area contributed by atoms with Gasteiger partial charge < -0.3 is 9.88 Å². The molecule has 0 fully saturated rings. The average molecular weight is 366 g/mol. The topological polar surface area (TPSA) is 50.2 Å². The van der Waals surface area contributed by atoms with Crippen molar-refractivity contribution in [1.82, 2.24) is 19.8 Å². The van der Waals surface area contributed by atoms with Crippen LogP contribution in [-0.2, 0) is 31.0 Å². The quantitative estimate of drug-likeness (QED) is 0.755. The molecule has 0 saturated heterocycles. The van der Waals surface area contributed by atoms with Crippen LogP contribution in [0.15, 0.2) is 60.4 Å². The first-order chi connectivity index (χ1) is 12.8. The molecule has 1 aliphatic heterocycles. The Balaban J connectivity index is 1.46. The molecule has 0 aliphatic carbocycles. The molecule has 0 saturated carbocycles. The van der Waals surface area contributed by atoms with Crippen molar-refractivity contribution in [1.29, 1.82) is 0 Å². The van der Waals surface area contributed by atoms with Crippen molar-refractivity contribution in [2.75, 3.05) is 6.54 Å². The van der Waals surface area contributed by atoms with Crippen LogP contribution in [0.2, 0.25) is 0 Å². The van der Waals surface area contributed by atoms with Crippen molar-refractivity contribution >= 4 is 17.2 Å². The molecule has 4 rings (SSSR count). The van der Waals surface area contributed by atoms with E-state index < -0.39 is 0 Å². The fraction of sp³-hybridized carbons (Fsp3) is 0.300. The molecule has 3 aromatic heterocycles. The smallest absolute Gasteiger partial charge is 0.226 e. The standard InChI is InChI=1S/C20H22N4OS/c25-20(22-11-16-4-1-7-21-10-16)17-12-23(15-19-6-3-9-26-19)14-18-5-2-8-24(18)13-17/h1-10,17H,11-15H2,(H,22,25). The third-order valence-electron chi connectivity index (χ3n) is 4.72. The summed E-state index contributed by atoms with van der Waals surface area (Å²) in [7, 11) is 0. The van der Waals surface area contributed by atoms with Gasteiger partial charge in [-0.3, -0.25) is 14.7 Å². The summed E-state index contributed by atoms with van der Waals surface area (Å²) in [5, 5.41) is 5.19. The number of hydrogen-bond acceptors (Lipinski definition) is 4. The van der Waals surface area contributed by atoms with Crippen LogP contribution in [0.1, 0.15) is 16.1 Å². The SMILES string of the molecule is O=C(NCc1cccnc1)C1CN(Cc2cccs2)Cc2cccn2C1. The van der Waals surface area contributed by atoms with E-state index in [1.165, 1.54) is 10.6 Å². The number of nitrogens with one attached hydrogen (secondary N) is 1. The molecule has 5 nitrogen and oxygen atoms in total. The fourth-order valence-electron chi connectivity index (χ4n) is 3.42. The van der Waals surface area contributed by atoms with Gasteiger partial charge in [0.15, 0.2) is 0 Å². The van der Waals surface area contributed by atoms with Crippen molar-refractivity contribution in [3.8, 4) is 0 Å². The van der Waals surface area contributed by atoms with Crippen molar-refractivity contribution in [3.05, 3.63) is 76.5 Å². The number of fused-ring (bicyclic) bond motifs is 1. The first-order valence-electron chi connectivity index (χ1n) is 8.83. The molecule has 1 aliphatic rings. The van der Waals surface area contributed by atoms with Gasteiger partial charge in [0.1, 0.15) is 0 Å². The van der Waals surface area contributed by atoms with E-state index in [4.69, 9.17) is 0 Å². The molecule has 1 amide bonds. The third kappa shape index (κ3) is 4.03. The minimum absolute atomic E-state index is 0.0692.